The molecule has 0 bridgehead atoms. The highest BCUT2D eigenvalue weighted by molar-refractivity contribution is 6.76. The second-order valence-electron chi connectivity index (χ2n) is 10.4. The number of nitrogens with one attached hydrogen (secondary N) is 1. The van der Waals surface area contributed by atoms with Gasteiger partial charge in [0.2, 0.25) is 12.2 Å². The van der Waals surface area contributed by atoms with Crippen LogP contribution >= 0.6 is 34.8 Å². The Morgan fingerprint density at radius 3 is 2.17 bits per heavy atom. The molecule has 0 aromatic heterocycles. The SMILES string of the molecule is [N-]=[N+]=N[C@H]1[C@H](OC(=N)C(Cl)(Cl)Cl)O[C@H](COC(=O)c2ccccc2)[C@@H](OCc2ccc3ccccc3c2)[C@@H]1OCc1ccccc1. The van der Waals surface area contributed by atoms with Gasteiger partial charge in [0, 0.05) is 4.91 Å². The zero-order chi connectivity index (χ0) is 32.5. The van der Waals surface area contributed by atoms with Crippen molar-refractivity contribution in [2.24, 2.45) is 5.11 Å². The first-order valence-corrected chi connectivity index (χ1v) is 15.4. The molecule has 5 atom stereocenters. The summed E-state index contributed by atoms with van der Waals surface area (Å²) in [5, 5.41) is 14.2. The number of nitrogens with zero attached hydrogens (tertiary/aromatic N) is 3. The first-order valence-electron chi connectivity index (χ1n) is 14.2. The van der Waals surface area contributed by atoms with Gasteiger partial charge in [-0.2, -0.15) is 0 Å². The monoisotopic (exact) mass is 682 g/mol. The molecule has 0 amide bonds. The predicted molar refractivity (Wildman–Crippen MR) is 175 cm³/mol. The molecule has 0 spiro atoms. The predicted octanol–water partition coefficient (Wildman–Crippen LogP) is 7.94. The maximum Gasteiger partial charge on any atom is 0.338 e. The minimum atomic E-state index is -2.23. The van der Waals surface area contributed by atoms with Gasteiger partial charge >= 0.3 is 5.97 Å². The summed E-state index contributed by atoms with van der Waals surface area (Å²) < 4.78 is 28.0. The second-order valence-corrected chi connectivity index (χ2v) is 12.6. The average Bonchev–Trinajstić information content (AvgIpc) is 3.07. The van der Waals surface area contributed by atoms with E-state index in [1.165, 1.54) is 0 Å². The molecule has 46 heavy (non-hydrogen) atoms. The number of ether oxygens (including phenoxy) is 5. The van der Waals surface area contributed by atoms with Gasteiger partial charge in [-0.1, -0.05) is 125 Å². The number of esters is 1. The van der Waals surface area contributed by atoms with Crippen molar-refractivity contribution < 1.29 is 28.5 Å². The molecule has 4 aromatic carbocycles. The summed E-state index contributed by atoms with van der Waals surface area (Å²) in [6.07, 6.45) is -4.44. The number of azide groups is 1. The van der Waals surface area contributed by atoms with E-state index in [1.54, 1.807) is 30.3 Å². The van der Waals surface area contributed by atoms with Gasteiger partial charge in [-0.05, 0) is 45.6 Å². The van der Waals surface area contributed by atoms with Crippen molar-refractivity contribution in [3.8, 4) is 0 Å². The highest BCUT2D eigenvalue weighted by Crippen LogP contribution is 2.34. The number of rotatable bonds is 11. The number of carbonyl (C=O) groups is 1. The molecule has 0 unspecified atom stereocenters. The van der Waals surface area contributed by atoms with Gasteiger partial charge in [0.15, 0.2) is 0 Å². The number of hydrogen-bond donors (Lipinski definition) is 1. The topological polar surface area (TPSA) is 136 Å². The van der Waals surface area contributed by atoms with Crippen molar-refractivity contribution in [1.82, 2.24) is 0 Å². The van der Waals surface area contributed by atoms with Crippen LogP contribution in [0.5, 0.6) is 0 Å². The molecule has 0 radical (unpaired) electrons. The van der Waals surface area contributed by atoms with Crippen LogP contribution in [0, 0.1) is 5.41 Å². The van der Waals surface area contributed by atoms with Gasteiger partial charge in [-0.25, -0.2) is 4.79 Å². The molecule has 1 N–H and O–H groups in total. The number of carbonyl (C=O) groups excluding carboxylic acids is 1. The van der Waals surface area contributed by atoms with Gasteiger partial charge in [-0.15, -0.1) is 0 Å². The van der Waals surface area contributed by atoms with Crippen LogP contribution in [0.4, 0.5) is 0 Å². The lowest BCUT2D eigenvalue weighted by Gasteiger charge is -2.44. The second kappa shape index (κ2) is 15.6. The van der Waals surface area contributed by atoms with Crippen LogP contribution in [-0.4, -0.2) is 52.9 Å². The fourth-order valence-corrected chi connectivity index (χ4v) is 5.12. The van der Waals surface area contributed by atoms with E-state index in [2.05, 4.69) is 10.0 Å². The lowest BCUT2D eigenvalue weighted by Crippen LogP contribution is -2.61. The van der Waals surface area contributed by atoms with E-state index >= 15 is 0 Å². The van der Waals surface area contributed by atoms with E-state index < -0.39 is 46.3 Å². The third-order valence-corrected chi connectivity index (χ3v) is 7.74. The molecular weight excluding hydrogens is 655 g/mol. The lowest BCUT2D eigenvalue weighted by atomic mass is 9.96. The number of halogens is 3. The maximum absolute atomic E-state index is 12.9. The third-order valence-electron chi connectivity index (χ3n) is 7.22. The molecule has 1 saturated heterocycles. The first-order chi connectivity index (χ1) is 22.2. The van der Waals surface area contributed by atoms with E-state index in [0.717, 1.165) is 21.9 Å². The number of hydrogen-bond acceptors (Lipinski definition) is 8. The summed E-state index contributed by atoms with van der Waals surface area (Å²) in [5.74, 6) is -1.36. The minimum absolute atomic E-state index is 0.101. The van der Waals surface area contributed by atoms with Crippen LogP contribution < -0.4 is 0 Å². The Morgan fingerprint density at radius 1 is 0.848 bits per heavy atom. The molecular formula is C33H29Cl3N4O6. The zero-order valence-corrected chi connectivity index (χ0v) is 26.5. The van der Waals surface area contributed by atoms with Crippen LogP contribution in [0.3, 0.4) is 0 Å². The molecule has 5 rings (SSSR count). The highest BCUT2D eigenvalue weighted by atomic mass is 35.6. The molecule has 13 heteroatoms. The fraction of sp³-hybridized carbons (Fsp3) is 0.273. The van der Waals surface area contributed by atoms with Gasteiger partial charge in [0.25, 0.3) is 3.79 Å². The highest BCUT2D eigenvalue weighted by Gasteiger charge is 2.50. The smallest absolute Gasteiger partial charge is 0.338 e. The first kappa shape index (κ1) is 33.5. The molecule has 0 aliphatic carbocycles. The summed E-state index contributed by atoms with van der Waals surface area (Å²) in [6.45, 7) is -0.0825. The summed E-state index contributed by atoms with van der Waals surface area (Å²) in [4.78, 5) is 15.9. The zero-order valence-electron chi connectivity index (χ0n) is 24.2. The number of fused-ring (bicyclic) bond motifs is 1. The van der Waals surface area contributed by atoms with E-state index in [-0.39, 0.29) is 19.8 Å². The summed E-state index contributed by atoms with van der Waals surface area (Å²) >= 11 is 17.7. The van der Waals surface area contributed by atoms with Crippen molar-refractivity contribution in [2.45, 2.75) is 47.7 Å². The molecule has 10 nitrogen and oxygen atoms in total. The van der Waals surface area contributed by atoms with Crippen molar-refractivity contribution >= 4 is 57.4 Å². The lowest BCUT2D eigenvalue weighted by molar-refractivity contribution is -0.266. The molecule has 1 aliphatic rings. The van der Waals surface area contributed by atoms with E-state index in [1.807, 2.05) is 72.8 Å². The van der Waals surface area contributed by atoms with E-state index in [0.29, 0.717) is 5.56 Å². The Kier molecular flexibility index (Phi) is 11.4. The van der Waals surface area contributed by atoms with Crippen molar-refractivity contribution in [2.75, 3.05) is 6.61 Å². The minimum Gasteiger partial charge on any atom is -0.459 e. The Balaban J connectivity index is 1.47. The largest absolute Gasteiger partial charge is 0.459 e. The molecule has 1 heterocycles. The third kappa shape index (κ3) is 8.69. The van der Waals surface area contributed by atoms with Crippen LogP contribution in [0.1, 0.15) is 21.5 Å². The van der Waals surface area contributed by atoms with Crippen LogP contribution in [-0.2, 0) is 36.9 Å². The average molecular weight is 684 g/mol. The Morgan fingerprint density at radius 2 is 1.48 bits per heavy atom. The Hall–Kier alpha value is -3.86. The van der Waals surface area contributed by atoms with Crippen LogP contribution in [0.15, 0.2) is 108 Å². The molecule has 0 saturated carbocycles. The van der Waals surface area contributed by atoms with Crippen molar-refractivity contribution in [3.05, 3.63) is 130 Å². The van der Waals surface area contributed by atoms with Crippen LogP contribution in [0.25, 0.3) is 21.2 Å². The molecule has 238 valence electrons. The quantitative estimate of drug-likeness (QED) is 0.0324. The molecule has 4 aromatic rings. The number of alkyl halides is 3. The normalized spacial score (nSPS) is 21.2. The van der Waals surface area contributed by atoms with Gasteiger partial charge in [0.05, 0.1) is 18.8 Å². The van der Waals surface area contributed by atoms with Gasteiger partial charge in [0.1, 0.15) is 31.0 Å². The Labute approximate surface area is 280 Å². The van der Waals surface area contributed by atoms with Crippen molar-refractivity contribution in [1.29, 1.82) is 5.41 Å². The molecule has 1 fully saturated rings. The van der Waals surface area contributed by atoms with E-state index in [9.17, 15) is 10.3 Å². The Bertz CT molecular complexity index is 1690. The summed E-state index contributed by atoms with van der Waals surface area (Å²) in [5.41, 5.74) is 11.6. The molecule has 1 aliphatic heterocycles. The van der Waals surface area contributed by atoms with Gasteiger partial charge < -0.3 is 23.7 Å². The standard InChI is InChI=1S/C33H29Cl3N4O6/c34-33(35,36)32(37)46-31-27(39-40-38)29(43-18-21-9-3-1-4-10-21)28(26(45-31)20-44-30(41)24-12-5-2-6-13-24)42-19-22-15-16-23-11-7-8-14-25(23)17-22/h1-17,26-29,31,37H,18-20H2/t26-,27-,28-,29-,31+/m1/s1. The fourth-order valence-electron chi connectivity index (χ4n) is 4.98. The maximum atomic E-state index is 12.9. The number of benzene rings is 4. The summed E-state index contributed by atoms with van der Waals surface area (Å²) in [6, 6.07) is 30.5. The van der Waals surface area contributed by atoms with Gasteiger partial charge in [-0.3, -0.25) is 5.41 Å². The van der Waals surface area contributed by atoms with Crippen molar-refractivity contribution in [3.63, 3.8) is 0 Å². The van der Waals surface area contributed by atoms with E-state index in [4.69, 9.17) is 63.9 Å². The van der Waals surface area contributed by atoms with Crippen LogP contribution in [0.2, 0.25) is 0 Å². The summed E-state index contributed by atoms with van der Waals surface area (Å²) in [7, 11) is 0.